The standard InChI is InChI=1S/C14H15Cl2NO4/c1-8(21-14(19)12-3-2-6-20-12)13(18)17-11-5-4-9(15)7-10(11)16/h4-5,7-8,12H,2-3,6H2,1H3,(H,17,18)/t8-,12-/m1/s1. The van der Waals surface area contributed by atoms with Crippen molar-refractivity contribution in [3.63, 3.8) is 0 Å². The van der Waals surface area contributed by atoms with E-state index in [0.717, 1.165) is 6.42 Å². The van der Waals surface area contributed by atoms with Crippen molar-refractivity contribution in [3.8, 4) is 0 Å². The first-order valence-corrected chi connectivity index (χ1v) is 7.31. The lowest BCUT2D eigenvalue weighted by atomic mass is 10.2. The van der Waals surface area contributed by atoms with Crippen LogP contribution in [0.1, 0.15) is 19.8 Å². The largest absolute Gasteiger partial charge is 0.451 e. The quantitative estimate of drug-likeness (QED) is 0.861. The molecule has 0 aromatic heterocycles. The molecule has 1 saturated heterocycles. The molecule has 5 nitrogen and oxygen atoms in total. The Bertz CT molecular complexity index is 544. The summed E-state index contributed by atoms with van der Waals surface area (Å²) in [5, 5.41) is 3.37. The second-order valence-electron chi connectivity index (χ2n) is 4.69. The van der Waals surface area contributed by atoms with Crippen molar-refractivity contribution < 1.29 is 19.1 Å². The van der Waals surface area contributed by atoms with Gasteiger partial charge >= 0.3 is 5.97 Å². The highest BCUT2D eigenvalue weighted by atomic mass is 35.5. The first kappa shape index (κ1) is 16.1. The van der Waals surface area contributed by atoms with Crippen LogP contribution in [0.25, 0.3) is 0 Å². The average Bonchev–Trinajstić information content (AvgIpc) is 2.95. The van der Waals surface area contributed by atoms with Gasteiger partial charge in [-0.25, -0.2) is 4.79 Å². The molecule has 0 bridgehead atoms. The Morgan fingerprint density at radius 1 is 1.43 bits per heavy atom. The minimum absolute atomic E-state index is 0.313. The van der Waals surface area contributed by atoms with E-state index >= 15 is 0 Å². The molecule has 1 amide bonds. The molecule has 2 rings (SSSR count). The van der Waals surface area contributed by atoms with Crippen molar-refractivity contribution in [1.82, 2.24) is 0 Å². The number of hydrogen-bond acceptors (Lipinski definition) is 4. The van der Waals surface area contributed by atoms with Crippen LogP contribution < -0.4 is 5.32 Å². The zero-order valence-corrected chi connectivity index (χ0v) is 12.9. The first-order chi connectivity index (χ1) is 9.97. The maximum atomic E-state index is 12.0. The molecule has 1 heterocycles. The van der Waals surface area contributed by atoms with Gasteiger partial charge in [-0.15, -0.1) is 0 Å². The van der Waals surface area contributed by atoms with Gasteiger partial charge < -0.3 is 14.8 Å². The summed E-state index contributed by atoms with van der Waals surface area (Å²) >= 11 is 11.7. The third kappa shape index (κ3) is 4.33. The molecule has 1 aliphatic heterocycles. The fourth-order valence-electron chi connectivity index (χ4n) is 1.89. The van der Waals surface area contributed by atoms with Crippen LogP contribution in [0.15, 0.2) is 18.2 Å². The number of amides is 1. The van der Waals surface area contributed by atoms with E-state index in [9.17, 15) is 9.59 Å². The van der Waals surface area contributed by atoms with Gasteiger partial charge in [0, 0.05) is 11.6 Å². The topological polar surface area (TPSA) is 64.6 Å². The Labute approximate surface area is 132 Å². The number of halogens is 2. The summed E-state index contributed by atoms with van der Waals surface area (Å²) in [6, 6.07) is 4.70. The van der Waals surface area contributed by atoms with E-state index in [1.807, 2.05) is 0 Å². The van der Waals surface area contributed by atoms with Crippen LogP contribution in [0.2, 0.25) is 10.0 Å². The molecule has 1 aromatic carbocycles. The molecule has 0 spiro atoms. The zero-order valence-electron chi connectivity index (χ0n) is 11.4. The van der Waals surface area contributed by atoms with Gasteiger partial charge in [0.05, 0.1) is 10.7 Å². The number of carbonyl (C=O) groups excluding carboxylic acids is 2. The summed E-state index contributed by atoms with van der Waals surface area (Å²) in [6.45, 7) is 2.03. The van der Waals surface area contributed by atoms with E-state index < -0.39 is 24.1 Å². The molecule has 1 aliphatic rings. The maximum absolute atomic E-state index is 12.0. The lowest BCUT2D eigenvalue weighted by Gasteiger charge is -2.16. The van der Waals surface area contributed by atoms with Crippen molar-refractivity contribution in [2.75, 3.05) is 11.9 Å². The molecule has 0 saturated carbocycles. The summed E-state index contributed by atoms with van der Waals surface area (Å²) in [5.74, 6) is -0.983. The van der Waals surface area contributed by atoms with Crippen LogP contribution >= 0.6 is 23.2 Å². The monoisotopic (exact) mass is 331 g/mol. The van der Waals surface area contributed by atoms with Crippen molar-refractivity contribution in [2.45, 2.75) is 32.0 Å². The van der Waals surface area contributed by atoms with Crippen molar-refractivity contribution in [1.29, 1.82) is 0 Å². The van der Waals surface area contributed by atoms with E-state index in [2.05, 4.69) is 5.32 Å². The van der Waals surface area contributed by atoms with Gasteiger partial charge in [-0.1, -0.05) is 23.2 Å². The Balaban J connectivity index is 1.91. The smallest absolute Gasteiger partial charge is 0.336 e. The van der Waals surface area contributed by atoms with E-state index in [4.69, 9.17) is 32.7 Å². The number of nitrogens with one attached hydrogen (secondary N) is 1. The van der Waals surface area contributed by atoms with Crippen LogP contribution in [-0.2, 0) is 19.1 Å². The molecule has 1 fully saturated rings. The number of esters is 1. The highest BCUT2D eigenvalue weighted by Crippen LogP contribution is 2.25. The van der Waals surface area contributed by atoms with Gasteiger partial charge in [0.25, 0.3) is 5.91 Å². The van der Waals surface area contributed by atoms with E-state index in [-0.39, 0.29) is 0 Å². The third-order valence-electron chi connectivity index (χ3n) is 3.04. The minimum Gasteiger partial charge on any atom is -0.451 e. The zero-order chi connectivity index (χ0) is 15.4. The number of hydrogen-bond donors (Lipinski definition) is 1. The Kier molecular flexibility index (Phi) is 5.45. The van der Waals surface area contributed by atoms with Crippen molar-refractivity contribution in [3.05, 3.63) is 28.2 Å². The second-order valence-corrected chi connectivity index (χ2v) is 5.54. The number of carbonyl (C=O) groups is 2. The second kappa shape index (κ2) is 7.11. The number of ether oxygens (including phenoxy) is 2. The molecule has 114 valence electrons. The van der Waals surface area contributed by atoms with E-state index in [1.54, 1.807) is 12.1 Å². The molecular weight excluding hydrogens is 317 g/mol. The maximum Gasteiger partial charge on any atom is 0.336 e. The molecule has 0 radical (unpaired) electrons. The first-order valence-electron chi connectivity index (χ1n) is 6.55. The predicted octanol–water partition coefficient (Wildman–Crippen LogP) is 3.04. The number of rotatable bonds is 4. The molecule has 2 atom stereocenters. The molecule has 7 heteroatoms. The fraction of sp³-hybridized carbons (Fsp3) is 0.429. The number of benzene rings is 1. The molecule has 0 aliphatic carbocycles. The molecular formula is C14H15Cl2NO4. The summed E-state index contributed by atoms with van der Waals surface area (Å²) < 4.78 is 10.3. The summed E-state index contributed by atoms with van der Waals surface area (Å²) in [4.78, 5) is 23.7. The average molecular weight is 332 g/mol. The SMILES string of the molecule is C[C@@H](OC(=O)[C@H]1CCCO1)C(=O)Nc1ccc(Cl)cc1Cl. The van der Waals surface area contributed by atoms with Crippen molar-refractivity contribution >= 4 is 40.8 Å². The van der Waals surface area contributed by atoms with Crippen LogP contribution in [0.5, 0.6) is 0 Å². The van der Waals surface area contributed by atoms with E-state index in [0.29, 0.717) is 28.8 Å². The van der Waals surface area contributed by atoms with E-state index in [1.165, 1.54) is 13.0 Å². The lowest BCUT2D eigenvalue weighted by molar-refractivity contribution is -0.162. The van der Waals surface area contributed by atoms with Gasteiger partial charge in [-0.05, 0) is 38.0 Å². The lowest BCUT2D eigenvalue weighted by Crippen LogP contribution is -2.34. The number of anilines is 1. The van der Waals surface area contributed by atoms with Crippen LogP contribution in [0, 0.1) is 0 Å². The van der Waals surface area contributed by atoms with Gasteiger partial charge in [0.1, 0.15) is 0 Å². The van der Waals surface area contributed by atoms with Crippen molar-refractivity contribution in [2.24, 2.45) is 0 Å². The summed E-state index contributed by atoms with van der Waals surface area (Å²) in [5.41, 5.74) is 0.408. The van der Waals surface area contributed by atoms with Gasteiger partial charge in [-0.3, -0.25) is 4.79 Å². The van der Waals surface area contributed by atoms with Gasteiger partial charge in [0.2, 0.25) is 0 Å². The normalized spacial score (nSPS) is 19.1. The highest BCUT2D eigenvalue weighted by Gasteiger charge is 2.28. The van der Waals surface area contributed by atoms with Crippen LogP contribution in [-0.4, -0.2) is 30.7 Å². The van der Waals surface area contributed by atoms with Crippen LogP contribution in [0.4, 0.5) is 5.69 Å². The van der Waals surface area contributed by atoms with Gasteiger partial charge in [-0.2, -0.15) is 0 Å². The van der Waals surface area contributed by atoms with Crippen LogP contribution in [0.3, 0.4) is 0 Å². The molecule has 0 unspecified atom stereocenters. The highest BCUT2D eigenvalue weighted by molar-refractivity contribution is 6.36. The Morgan fingerprint density at radius 3 is 2.81 bits per heavy atom. The third-order valence-corrected chi connectivity index (χ3v) is 3.59. The predicted molar refractivity (Wildman–Crippen MR) is 79.6 cm³/mol. The minimum atomic E-state index is -0.937. The summed E-state index contributed by atoms with van der Waals surface area (Å²) in [7, 11) is 0. The summed E-state index contributed by atoms with van der Waals surface area (Å²) in [6.07, 6.45) is -0.0653. The molecule has 1 aromatic rings. The molecule has 21 heavy (non-hydrogen) atoms. The Morgan fingerprint density at radius 2 is 2.19 bits per heavy atom. The van der Waals surface area contributed by atoms with Gasteiger partial charge in [0.15, 0.2) is 12.2 Å². The Hall–Kier alpha value is -1.30. The molecule has 1 N–H and O–H groups in total. The fourth-order valence-corrected chi connectivity index (χ4v) is 2.35.